The van der Waals surface area contributed by atoms with Crippen LogP contribution in [0.5, 0.6) is 0 Å². The molecule has 1 aromatic carbocycles. The van der Waals surface area contributed by atoms with E-state index >= 15 is 0 Å². The topological polar surface area (TPSA) is 143 Å². The number of hydrogen-bond acceptors (Lipinski definition) is 7. The zero-order valence-electron chi connectivity index (χ0n) is 27.1. The van der Waals surface area contributed by atoms with E-state index in [4.69, 9.17) is 9.47 Å². The standard InChI is InChI=1S/C34H55N3O7/c1-5-6-7-8-9-10-11-12-13-17-20-27-21-29(39)36-30(24(2)3)32(40)37-31(25(4)38)33(41)35-28(34(42)44-27)23-43-22-26-18-15-14-16-19-26/h14-16,18-19,24-25,27-28,30-31,38H,5-13,17,20-23H2,1-4H3,(H,35,41)(H,36,39)(H,37,40)/t25?,27-,28+,30+,31-/m1/s1. The highest BCUT2D eigenvalue weighted by Crippen LogP contribution is 2.17. The number of esters is 1. The summed E-state index contributed by atoms with van der Waals surface area (Å²) in [5, 5.41) is 18.2. The van der Waals surface area contributed by atoms with Gasteiger partial charge in [0.15, 0.2) is 6.04 Å². The smallest absolute Gasteiger partial charge is 0.331 e. The van der Waals surface area contributed by atoms with E-state index in [1.54, 1.807) is 13.8 Å². The highest BCUT2D eigenvalue weighted by Gasteiger charge is 2.35. The van der Waals surface area contributed by atoms with Crippen LogP contribution in [0.3, 0.4) is 0 Å². The fourth-order valence-corrected chi connectivity index (χ4v) is 5.23. The highest BCUT2D eigenvalue weighted by molar-refractivity contribution is 5.94. The maximum absolute atomic E-state index is 13.4. The van der Waals surface area contributed by atoms with E-state index in [1.807, 2.05) is 30.3 Å². The Morgan fingerprint density at radius 1 is 0.818 bits per heavy atom. The lowest BCUT2D eigenvalue weighted by atomic mass is 10.0. The maximum atomic E-state index is 13.4. The Bertz CT molecular complexity index is 1000. The van der Waals surface area contributed by atoms with E-state index in [-0.39, 0.29) is 25.6 Å². The maximum Gasteiger partial charge on any atom is 0.331 e. The van der Waals surface area contributed by atoms with Gasteiger partial charge in [0.2, 0.25) is 17.7 Å². The molecule has 1 unspecified atom stereocenters. The number of carbonyl (C=O) groups excluding carboxylic acids is 4. The number of amides is 3. The summed E-state index contributed by atoms with van der Waals surface area (Å²) in [5.74, 6) is -2.79. The van der Waals surface area contributed by atoms with Crippen LogP contribution in [0.25, 0.3) is 0 Å². The molecule has 1 aliphatic rings. The first-order chi connectivity index (χ1) is 21.1. The number of carbonyl (C=O) groups is 4. The van der Waals surface area contributed by atoms with Crippen LogP contribution in [0, 0.1) is 5.92 Å². The molecule has 1 heterocycles. The predicted octanol–water partition coefficient (Wildman–Crippen LogP) is 4.32. The Balaban J connectivity index is 2.13. The second kappa shape index (κ2) is 20.9. The van der Waals surface area contributed by atoms with Crippen LogP contribution in [0.2, 0.25) is 0 Å². The van der Waals surface area contributed by atoms with Gasteiger partial charge in [-0.1, -0.05) is 109 Å². The van der Waals surface area contributed by atoms with Crippen molar-refractivity contribution in [1.29, 1.82) is 0 Å². The zero-order chi connectivity index (χ0) is 32.3. The third-order valence-electron chi connectivity index (χ3n) is 7.90. The van der Waals surface area contributed by atoms with Crippen LogP contribution in [0.4, 0.5) is 0 Å². The van der Waals surface area contributed by atoms with Crippen LogP contribution in [-0.4, -0.2) is 65.7 Å². The average molecular weight is 618 g/mol. The first-order valence-electron chi connectivity index (χ1n) is 16.5. The fraction of sp³-hybridized carbons (Fsp3) is 0.706. The van der Waals surface area contributed by atoms with Gasteiger partial charge in [-0.25, -0.2) is 4.79 Å². The van der Waals surface area contributed by atoms with E-state index < -0.39 is 54.0 Å². The lowest BCUT2D eigenvalue weighted by Gasteiger charge is -2.27. The van der Waals surface area contributed by atoms with Gasteiger partial charge in [-0.3, -0.25) is 14.4 Å². The van der Waals surface area contributed by atoms with Gasteiger partial charge < -0.3 is 30.5 Å². The fourth-order valence-electron chi connectivity index (χ4n) is 5.23. The molecular weight excluding hydrogens is 562 g/mol. The molecule has 5 atom stereocenters. The number of rotatable bonds is 17. The van der Waals surface area contributed by atoms with Crippen LogP contribution in [0.1, 0.15) is 110 Å². The molecule has 0 aromatic heterocycles. The Kier molecular flexibility index (Phi) is 17.7. The number of cyclic esters (lactones) is 1. The minimum atomic E-state index is -1.35. The normalized spacial score (nSPS) is 22.6. The minimum Gasteiger partial charge on any atom is -0.460 e. The summed E-state index contributed by atoms with van der Waals surface area (Å²) in [7, 11) is 0. The molecule has 1 fully saturated rings. The third-order valence-corrected chi connectivity index (χ3v) is 7.90. The molecule has 0 spiro atoms. The van der Waals surface area contributed by atoms with Crippen molar-refractivity contribution in [2.24, 2.45) is 5.92 Å². The second-order valence-corrected chi connectivity index (χ2v) is 12.3. The molecule has 0 bridgehead atoms. The van der Waals surface area contributed by atoms with Crippen molar-refractivity contribution in [3.8, 4) is 0 Å². The van der Waals surface area contributed by atoms with Crippen molar-refractivity contribution in [2.75, 3.05) is 6.61 Å². The van der Waals surface area contributed by atoms with Crippen LogP contribution < -0.4 is 16.0 Å². The van der Waals surface area contributed by atoms with Gasteiger partial charge in [-0.2, -0.15) is 0 Å². The summed E-state index contributed by atoms with van der Waals surface area (Å²) in [4.78, 5) is 52.9. The van der Waals surface area contributed by atoms with Gasteiger partial charge >= 0.3 is 5.97 Å². The third kappa shape index (κ3) is 14.2. The molecule has 0 radical (unpaired) electrons. The number of aliphatic hydroxyl groups is 1. The van der Waals surface area contributed by atoms with Crippen LogP contribution >= 0.6 is 0 Å². The summed E-state index contributed by atoms with van der Waals surface area (Å²) < 4.78 is 11.6. The van der Waals surface area contributed by atoms with Crippen molar-refractivity contribution in [2.45, 2.75) is 142 Å². The number of unbranched alkanes of at least 4 members (excludes halogenated alkanes) is 9. The molecule has 1 aromatic rings. The minimum absolute atomic E-state index is 0.106. The predicted molar refractivity (Wildman–Crippen MR) is 169 cm³/mol. The molecule has 248 valence electrons. The summed E-state index contributed by atoms with van der Waals surface area (Å²) in [6.07, 6.45) is 9.91. The molecular formula is C34H55N3O7. The Morgan fingerprint density at radius 3 is 2.00 bits per heavy atom. The molecule has 10 heteroatoms. The quantitative estimate of drug-likeness (QED) is 0.151. The van der Waals surface area contributed by atoms with Crippen LogP contribution in [0.15, 0.2) is 30.3 Å². The van der Waals surface area contributed by atoms with E-state index in [1.165, 1.54) is 45.4 Å². The summed E-state index contributed by atoms with van der Waals surface area (Å²) >= 11 is 0. The molecule has 10 nitrogen and oxygen atoms in total. The highest BCUT2D eigenvalue weighted by atomic mass is 16.5. The number of benzene rings is 1. The number of hydrogen-bond donors (Lipinski definition) is 4. The van der Waals surface area contributed by atoms with E-state index in [0.29, 0.717) is 6.42 Å². The van der Waals surface area contributed by atoms with Crippen molar-refractivity contribution < 1.29 is 33.8 Å². The Labute approximate surface area is 263 Å². The average Bonchev–Trinajstić information content (AvgIpc) is 2.99. The van der Waals surface area contributed by atoms with Gasteiger partial charge in [0.1, 0.15) is 18.2 Å². The van der Waals surface area contributed by atoms with Crippen molar-refractivity contribution in [3.05, 3.63) is 35.9 Å². The molecule has 3 amide bonds. The van der Waals surface area contributed by atoms with Crippen molar-refractivity contribution >= 4 is 23.7 Å². The SMILES string of the molecule is CCCCCCCCCCCC[C@@H]1CC(=O)N[C@@H](C(C)C)C(=O)N[C@H](C(C)O)C(=O)N[C@@H](COCc2ccccc2)C(=O)O1. The van der Waals surface area contributed by atoms with E-state index in [2.05, 4.69) is 22.9 Å². The van der Waals surface area contributed by atoms with Crippen LogP contribution in [-0.2, 0) is 35.3 Å². The lowest BCUT2D eigenvalue weighted by molar-refractivity contribution is -0.156. The molecule has 0 saturated carbocycles. The zero-order valence-corrected chi connectivity index (χ0v) is 27.1. The molecule has 44 heavy (non-hydrogen) atoms. The molecule has 1 saturated heterocycles. The summed E-state index contributed by atoms with van der Waals surface area (Å²) in [5.41, 5.74) is 0.890. The summed E-state index contributed by atoms with van der Waals surface area (Å²) in [6, 6.07) is 5.90. The number of ether oxygens (including phenoxy) is 2. The van der Waals surface area contributed by atoms with E-state index in [9.17, 15) is 24.3 Å². The van der Waals surface area contributed by atoms with Crippen molar-refractivity contribution in [1.82, 2.24) is 16.0 Å². The van der Waals surface area contributed by atoms with Gasteiger partial charge in [-0.15, -0.1) is 0 Å². The summed E-state index contributed by atoms with van der Waals surface area (Å²) in [6.45, 7) is 7.16. The van der Waals surface area contributed by atoms with Gasteiger partial charge in [-0.05, 0) is 31.2 Å². The molecule has 4 N–H and O–H groups in total. The van der Waals surface area contributed by atoms with Crippen molar-refractivity contribution in [3.63, 3.8) is 0 Å². The first-order valence-corrected chi connectivity index (χ1v) is 16.5. The number of nitrogens with one attached hydrogen (secondary N) is 3. The van der Waals surface area contributed by atoms with Gasteiger partial charge in [0.05, 0.1) is 25.7 Å². The van der Waals surface area contributed by atoms with E-state index in [0.717, 1.165) is 31.2 Å². The molecule has 0 aliphatic carbocycles. The second-order valence-electron chi connectivity index (χ2n) is 12.3. The first kappa shape index (κ1) is 37.2. The number of aliphatic hydroxyl groups excluding tert-OH is 1. The molecule has 2 rings (SSSR count). The Hall–Kier alpha value is -2.98. The lowest BCUT2D eigenvalue weighted by Crippen LogP contribution is -2.60. The van der Waals surface area contributed by atoms with Gasteiger partial charge in [0, 0.05) is 0 Å². The largest absolute Gasteiger partial charge is 0.460 e. The Morgan fingerprint density at radius 2 is 1.41 bits per heavy atom. The van der Waals surface area contributed by atoms with Gasteiger partial charge in [0.25, 0.3) is 0 Å². The monoisotopic (exact) mass is 617 g/mol. The molecule has 1 aliphatic heterocycles.